The Bertz CT molecular complexity index is 1430. The van der Waals surface area contributed by atoms with Gasteiger partial charge in [-0.2, -0.15) is 0 Å². The molecular formula is C26H22ClN3O4S. The van der Waals surface area contributed by atoms with Crippen molar-refractivity contribution in [2.75, 3.05) is 19.5 Å². The molecule has 0 radical (unpaired) electrons. The molecule has 0 saturated carbocycles. The molecule has 1 amide bonds. The van der Waals surface area contributed by atoms with E-state index in [4.69, 9.17) is 38.0 Å². The number of aromatic nitrogens is 1. The Hall–Kier alpha value is -3.88. The van der Waals surface area contributed by atoms with Crippen LogP contribution in [0, 0.1) is 6.92 Å². The summed E-state index contributed by atoms with van der Waals surface area (Å²) in [5.41, 5.74) is 2.77. The summed E-state index contributed by atoms with van der Waals surface area (Å²) in [5, 5.41) is 6.84. The van der Waals surface area contributed by atoms with Gasteiger partial charge in [0.05, 0.1) is 24.8 Å². The van der Waals surface area contributed by atoms with Crippen molar-refractivity contribution in [3.05, 3.63) is 82.9 Å². The van der Waals surface area contributed by atoms with Crippen LogP contribution in [0.1, 0.15) is 15.9 Å². The maximum Gasteiger partial charge on any atom is 0.261 e. The van der Waals surface area contributed by atoms with Crippen LogP contribution in [-0.4, -0.2) is 30.2 Å². The van der Waals surface area contributed by atoms with Gasteiger partial charge in [0.15, 0.2) is 10.9 Å². The van der Waals surface area contributed by atoms with Crippen LogP contribution in [0.5, 0.6) is 23.1 Å². The number of ether oxygens (including phenoxy) is 3. The average Bonchev–Trinajstić information content (AvgIpc) is 2.85. The molecule has 3 aromatic carbocycles. The number of para-hydroxylation sites is 1. The number of aryl methyl sites for hydroxylation is 1. The molecule has 0 aliphatic heterocycles. The zero-order chi connectivity index (χ0) is 24.9. The first-order chi connectivity index (χ1) is 16.9. The van der Waals surface area contributed by atoms with Gasteiger partial charge in [-0.15, -0.1) is 0 Å². The molecule has 2 N–H and O–H groups in total. The zero-order valence-corrected chi connectivity index (χ0v) is 20.8. The van der Waals surface area contributed by atoms with Crippen LogP contribution in [0.25, 0.3) is 10.9 Å². The first kappa shape index (κ1) is 24.3. The number of anilines is 1. The van der Waals surface area contributed by atoms with E-state index < -0.39 is 0 Å². The molecule has 4 aromatic rings. The largest absolute Gasteiger partial charge is 0.489 e. The Kier molecular flexibility index (Phi) is 7.33. The molecule has 4 rings (SSSR count). The van der Waals surface area contributed by atoms with E-state index in [0.717, 1.165) is 10.9 Å². The van der Waals surface area contributed by atoms with E-state index in [1.54, 1.807) is 30.3 Å². The summed E-state index contributed by atoms with van der Waals surface area (Å²) < 4.78 is 17.1. The summed E-state index contributed by atoms with van der Waals surface area (Å²) in [7, 11) is 3.03. The lowest BCUT2D eigenvalue weighted by Crippen LogP contribution is -2.34. The molecule has 9 heteroatoms. The molecule has 1 heterocycles. The third-order valence-corrected chi connectivity index (χ3v) is 5.58. The number of hydrogen-bond donors (Lipinski definition) is 2. The van der Waals surface area contributed by atoms with E-state index in [2.05, 4.69) is 15.6 Å². The maximum atomic E-state index is 12.4. The van der Waals surface area contributed by atoms with Crippen LogP contribution in [0.4, 0.5) is 5.69 Å². The number of nitrogens with one attached hydrogen (secondary N) is 2. The number of rotatable bonds is 6. The highest BCUT2D eigenvalue weighted by molar-refractivity contribution is 7.80. The van der Waals surface area contributed by atoms with Gasteiger partial charge < -0.3 is 19.5 Å². The Morgan fingerprint density at radius 1 is 0.971 bits per heavy atom. The van der Waals surface area contributed by atoms with E-state index in [-0.39, 0.29) is 11.0 Å². The second kappa shape index (κ2) is 10.6. The summed E-state index contributed by atoms with van der Waals surface area (Å²) in [6.45, 7) is 1.92. The topological polar surface area (TPSA) is 81.7 Å². The van der Waals surface area contributed by atoms with Gasteiger partial charge in [0, 0.05) is 16.6 Å². The number of carbonyl (C=O) groups excluding carboxylic acids is 1. The van der Waals surface area contributed by atoms with Crippen molar-refractivity contribution in [3.8, 4) is 23.1 Å². The zero-order valence-electron chi connectivity index (χ0n) is 19.2. The molecule has 7 nitrogen and oxygen atoms in total. The van der Waals surface area contributed by atoms with Crippen molar-refractivity contribution in [1.82, 2.24) is 10.3 Å². The summed E-state index contributed by atoms with van der Waals surface area (Å²) in [4.78, 5) is 16.9. The number of halogens is 1. The molecule has 0 aliphatic carbocycles. The molecule has 0 saturated heterocycles. The average molecular weight is 508 g/mol. The summed E-state index contributed by atoms with van der Waals surface area (Å²) in [6.07, 6.45) is 0. The molecule has 0 spiro atoms. The molecule has 0 aliphatic rings. The van der Waals surface area contributed by atoms with Crippen molar-refractivity contribution >= 4 is 51.4 Å². The highest BCUT2D eigenvalue weighted by Crippen LogP contribution is 2.44. The van der Waals surface area contributed by atoms with Crippen molar-refractivity contribution < 1.29 is 19.0 Å². The number of amides is 1. The van der Waals surface area contributed by atoms with Crippen molar-refractivity contribution in [3.63, 3.8) is 0 Å². The summed E-state index contributed by atoms with van der Waals surface area (Å²) >= 11 is 11.8. The molecule has 0 unspecified atom stereocenters. The van der Waals surface area contributed by atoms with E-state index in [1.165, 1.54) is 14.2 Å². The predicted octanol–water partition coefficient (Wildman–Crippen LogP) is 6.13. The van der Waals surface area contributed by atoms with Gasteiger partial charge in [0.2, 0.25) is 5.75 Å². The SMILES string of the molecule is COc1nc2ccccc2c(Oc2ccc(NC(=S)NC(=O)c3cccc(C)c3)cc2Cl)c1OC. The molecule has 1 aromatic heterocycles. The smallest absolute Gasteiger partial charge is 0.261 e. The van der Waals surface area contributed by atoms with Crippen LogP contribution < -0.4 is 24.8 Å². The van der Waals surface area contributed by atoms with Crippen molar-refractivity contribution in [2.45, 2.75) is 6.92 Å². The van der Waals surface area contributed by atoms with E-state index in [9.17, 15) is 4.79 Å². The third-order valence-electron chi connectivity index (χ3n) is 5.08. The lowest BCUT2D eigenvalue weighted by Gasteiger charge is -2.17. The fourth-order valence-corrected chi connectivity index (χ4v) is 3.89. The quantitative estimate of drug-likeness (QED) is 0.304. The minimum atomic E-state index is -0.303. The normalized spacial score (nSPS) is 10.5. The number of methoxy groups -OCH3 is 2. The first-order valence-corrected chi connectivity index (χ1v) is 11.4. The van der Waals surface area contributed by atoms with Gasteiger partial charge in [0.1, 0.15) is 5.75 Å². The number of thiocarbonyl (C=S) groups is 1. The van der Waals surface area contributed by atoms with Crippen LogP contribution in [-0.2, 0) is 0 Å². The van der Waals surface area contributed by atoms with Gasteiger partial charge in [-0.3, -0.25) is 10.1 Å². The Morgan fingerprint density at radius 3 is 2.49 bits per heavy atom. The van der Waals surface area contributed by atoms with Gasteiger partial charge in [-0.1, -0.05) is 41.4 Å². The van der Waals surface area contributed by atoms with E-state index in [0.29, 0.717) is 44.9 Å². The number of carbonyl (C=O) groups is 1. The second-order valence-corrected chi connectivity index (χ2v) is 8.34. The highest BCUT2D eigenvalue weighted by atomic mass is 35.5. The Morgan fingerprint density at radius 2 is 1.77 bits per heavy atom. The number of fused-ring (bicyclic) bond motifs is 1. The first-order valence-electron chi connectivity index (χ1n) is 10.6. The lowest BCUT2D eigenvalue weighted by molar-refractivity contribution is 0.0977. The van der Waals surface area contributed by atoms with Crippen LogP contribution in [0.3, 0.4) is 0 Å². The van der Waals surface area contributed by atoms with E-state index >= 15 is 0 Å². The Balaban J connectivity index is 1.54. The van der Waals surface area contributed by atoms with Gasteiger partial charge in [-0.05, 0) is 61.6 Å². The third kappa shape index (κ3) is 5.45. The number of benzene rings is 3. The summed E-state index contributed by atoms with van der Waals surface area (Å²) in [5.74, 6) is 1.17. The molecular weight excluding hydrogens is 486 g/mol. The second-order valence-electron chi connectivity index (χ2n) is 7.53. The number of pyridine rings is 1. The lowest BCUT2D eigenvalue weighted by atomic mass is 10.1. The Labute approximate surface area is 213 Å². The molecule has 178 valence electrons. The fourth-order valence-electron chi connectivity index (χ4n) is 3.46. The van der Waals surface area contributed by atoms with Crippen LogP contribution in [0.15, 0.2) is 66.7 Å². The van der Waals surface area contributed by atoms with Crippen LogP contribution in [0.2, 0.25) is 5.02 Å². The highest BCUT2D eigenvalue weighted by Gasteiger charge is 2.20. The van der Waals surface area contributed by atoms with Gasteiger partial charge in [-0.25, -0.2) is 4.98 Å². The van der Waals surface area contributed by atoms with Gasteiger partial charge >= 0.3 is 0 Å². The number of hydrogen-bond acceptors (Lipinski definition) is 6. The maximum absolute atomic E-state index is 12.4. The molecule has 35 heavy (non-hydrogen) atoms. The van der Waals surface area contributed by atoms with Crippen molar-refractivity contribution in [1.29, 1.82) is 0 Å². The van der Waals surface area contributed by atoms with Gasteiger partial charge in [0.25, 0.3) is 11.8 Å². The fraction of sp³-hybridized carbons (Fsp3) is 0.115. The standard InChI is InChI=1S/C26H22ClN3O4S/c1-15-7-6-8-16(13-15)24(31)30-26(35)28-17-11-12-21(19(27)14-17)34-22-18-9-4-5-10-20(18)29-25(33-3)23(22)32-2/h4-14H,1-3H3,(H2,28,30,31,35). The number of nitrogens with zero attached hydrogens (tertiary/aromatic N) is 1. The molecule has 0 fully saturated rings. The minimum Gasteiger partial charge on any atom is -0.489 e. The monoisotopic (exact) mass is 507 g/mol. The van der Waals surface area contributed by atoms with E-state index in [1.807, 2.05) is 43.3 Å². The predicted molar refractivity (Wildman–Crippen MR) is 141 cm³/mol. The molecule has 0 bridgehead atoms. The summed E-state index contributed by atoms with van der Waals surface area (Å²) in [6, 6.07) is 19.8. The molecule has 0 atom stereocenters. The minimum absolute atomic E-state index is 0.146. The van der Waals surface area contributed by atoms with Crippen LogP contribution >= 0.6 is 23.8 Å². The van der Waals surface area contributed by atoms with Crippen molar-refractivity contribution in [2.24, 2.45) is 0 Å².